The van der Waals surface area contributed by atoms with Crippen molar-refractivity contribution in [3.63, 3.8) is 0 Å². The Morgan fingerprint density at radius 2 is 0.529 bits per heavy atom. The largest absolute Gasteiger partial charge is 0.309 e. The molecule has 486 valence electrons. The highest BCUT2D eigenvalue weighted by Gasteiger charge is 2.20. The highest BCUT2D eigenvalue weighted by atomic mass is 15.0. The first kappa shape index (κ1) is 60.0. The molecule has 0 fully saturated rings. The van der Waals surface area contributed by atoms with E-state index >= 15 is 0 Å². The molecule has 0 saturated heterocycles. The van der Waals surface area contributed by atoms with Gasteiger partial charge in [0.05, 0.1) is 66.9 Å². The number of pyridine rings is 3. The maximum absolute atomic E-state index is 5.02. The number of para-hydroxylation sites is 5. The zero-order valence-electron chi connectivity index (χ0n) is 56.5. The molecule has 0 atom stereocenters. The molecule has 0 aliphatic rings. The number of nitrogens with zero attached hydrogens (tertiary/aromatic N) is 7. The maximum Gasteiger partial charge on any atom is 0.0725 e. The number of hydrogen-bond acceptors (Lipinski definition) is 3. The standard InChI is InChI=1S/C51H33N3.C46H30N4/c1-2-12-35(13-3-1)46-17-10-18-47(52-46)36-22-26-40(27-23-36)53-48-19-8-6-15-42(48)44-32-38(24-29-50(44)53)39-25-30-51-45(33-39)43-16-7-9-20-49(43)54(51)41-28-21-34-11-4-5-14-37(34)31-41;1-2-13-35(14-3-1)49-43-20-6-4-16-37(43)39-24-22-32(29-46(39)49)31-23-25-45-40(28-31)38-17-5-7-21-44(38)50(45)36-15-8-11-33(27-36)41-18-9-19-42(48-41)34-12-10-26-47-30-34/h1-33H;1-30H. The first-order valence-corrected chi connectivity index (χ1v) is 35.4. The Morgan fingerprint density at radius 1 is 0.173 bits per heavy atom. The van der Waals surface area contributed by atoms with Crippen molar-refractivity contribution < 1.29 is 0 Å². The second-order valence-electron chi connectivity index (χ2n) is 26.7. The van der Waals surface area contributed by atoms with Gasteiger partial charge in [0.25, 0.3) is 0 Å². The van der Waals surface area contributed by atoms with E-state index in [0.29, 0.717) is 0 Å². The molecule has 21 aromatic rings. The molecular weight excluding hydrogens is 1260 g/mol. The van der Waals surface area contributed by atoms with Crippen molar-refractivity contribution in [1.82, 2.24) is 33.2 Å². The van der Waals surface area contributed by atoms with Crippen LogP contribution in [0.3, 0.4) is 0 Å². The first-order chi connectivity index (χ1) is 51.6. The summed E-state index contributed by atoms with van der Waals surface area (Å²) < 4.78 is 9.54. The number of benzene rings is 14. The van der Waals surface area contributed by atoms with Crippen LogP contribution in [0, 0.1) is 0 Å². The van der Waals surface area contributed by atoms with E-state index in [1.54, 1.807) is 6.20 Å². The van der Waals surface area contributed by atoms with Crippen LogP contribution in [-0.2, 0) is 0 Å². The highest BCUT2D eigenvalue weighted by Crippen LogP contribution is 2.42. The van der Waals surface area contributed by atoms with Crippen LogP contribution in [0.1, 0.15) is 0 Å². The zero-order chi connectivity index (χ0) is 68.6. The average molecular weight is 1330 g/mol. The summed E-state index contributed by atoms with van der Waals surface area (Å²) in [5.41, 5.74) is 27.0. The molecule has 0 aliphatic carbocycles. The van der Waals surface area contributed by atoms with Gasteiger partial charge in [-0.25, -0.2) is 9.97 Å². The van der Waals surface area contributed by atoms with Crippen molar-refractivity contribution in [1.29, 1.82) is 0 Å². The van der Waals surface area contributed by atoms with Crippen LogP contribution in [0.5, 0.6) is 0 Å². The maximum atomic E-state index is 5.02. The molecular formula is C97H63N7. The molecule has 0 N–H and O–H groups in total. The molecule has 7 heteroatoms. The van der Waals surface area contributed by atoms with Crippen molar-refractivity contribution in [3.05, 3.63) is 382 Å². The van der Waals surface area contributed by atoms with Crippen LogP contribution >= 0.6 is 0 Å². The summed E-state index contributed by atoms with van der Waals surface area (Å²) in [5.74, 6) is 0. The quantitative estimate of drug-likeness (QED) is 0.137. The van der Waals surface area contributed by atoms with Gasteiger partial charge in [-0.3, -0.25) is 4.98 Å². The molecule has 7 heterocycles. The van der Waals surface area contributed by atoms with Crippen LogP contribution in [0.25, 0.3) is 188 Å². The first-order valence-electron chi connectivity index (χ1n) is 35.4. The molecule has 14 aromatic carbocycles. The van der Waals surface area contributed by atoms with Gasteiger partial charge in [-0.1, -0.05) is 218 Å². The lowest BCUT2D eigenvalue weighted by molar-refractivity contribution is 1.18. The Balaban J connectivity index is 0.000000139. The van der Waals surface area contributed by atoms with Gasteiger partial charge in [0.15, 0.2) is 0 Å². The smallest absolute Gasteiger partial charge is 0.0725 e. The van der Waals surface area contributed by atoms with Gasteiger partial charge in [-0.05, 0) is 185 Å². The van der Waals surface area contributed by atoms with Gasteiger partial charge in [-0.15, -0.1) is 0 Å². The van der Waals surface area contributed by atoms with Gasteiger partial charge in [-0.2, -0.15) is 0 Å². The number of hydrogen-bond donors (Lipinski definition) is 0. The van der Waals surface area contributed by atoms with Gasteiger partial charge in [0, 0.05) is 100 Å². The van der Waals surface area contributed by atoms with Crippen molar-refractivity contribution in [2.24, 2.45) is 0 Å². The minimum Gasteiger partial charge on any atom is -0.309 e. The normalized spacial score (nSPS) is 11.7. The van der Waals surface area contributed by atoms with Gasteiger partial charge >= 0.3 is 0 Å². The van der Waals surface area contributed by atoms with E-state index in [4.69, 9.17) is 9.97 Å². The zero-order valence-corrected chi connectivity index (χ0v) is 56.5. The van der Waals surface area contributed by atoms with E-state index < -0.39 is 0 Å². The topological polar surface area (TPSA) is 58.4 Å². The number of aromatic nitrogens is 7. The van der Waals surface area contributed by atoms with Crippen molar-refractivity contribution >= 4 is 98.0 Å². The van der Waals surface area contributed by atoms with Gasteiger partial charge < -0.3 is 18.3 Å². The third-order valence-corrected chi connectivity index (χ3v) is 20.7. The summed E-state index contributed by atoms with van der Waals surface area (Å²) in [6.45, 7) is 0. The Kier molecular flexibility index (Phi) is 14.4. The summed E-state index contributed by atoms with van der Waals surface area (Å²) in [5, 5.41) is 12.5. The molecule has 0 saturated carbocycles. The summed E-state index contributed by atoms with van der Waals surface area (Å²) >= 11 is 0. The van der Waals surface area contributed by atoms with Gasteiger partial charge in [0.1, 0.15) is 0 Å². The second-order valence-corrected chi connectivity index (χ2v) is 26.7. The molecule has 0 bridgehead atoms. The molecule has 0 aliphatic heterocycles. The second kappa shape index (κ2) is 25.0. The fourth-order valence-electron chi connectivity index (χ4n) is 15.8. The molecule has 104 heavy (non-hydrogen) atoms. The molecule has 0 spiro atoms. The van der Waals surface area contributed by atoms with Crippen LogP contribution < -0.4 is 0 Å². The van der Waals surface area contributed by atoms with E-state index in [-0.39, 0.29) is 0 Å². The van der Waals surface area contributed by atoms with Gasteiger partial charge in [0.2, 0.25) is 0 Å². The predicted molar refractivity (Wildman–Crippen MR) is 434 cm³/mol. The molecule has 21 rings (SSSR count). The van der Waals surface area contributed by atoms with Crippen molar-refractivity contribution in [2.45, 2.75) is 0 Å². The summed E-state index contributed by atoms with van der Waals surface area (Å²) in [7, 11) is 0. The molecule has 0 unspecified atom stereocenters. The summed E-state index contributed by atoms with van der Waals surface area (Å²) in [6.07, 6.45) is 3.64. The third kappa shape index (κ3) is 10.3. The Labute approximate surface area is 600 Å². The number of rotatable bonds is 10. The van der Waals surface area contributed by atoms with Crippen LogP contribution in [-0.4, -0.2) is 33.2 Å². The molecule has 7 nitrogen and oxygen atoms in total. The van der Waals surface area contributed by atoms with Crippen LogP contribution in [0.2, 0.25) is 0 Å². The number of fused-ring (bicyclic) bond motifs is 13. The highest BCUT2D eigenvalue weighted by molar-refractivity contribution is 6.15. The Hall–Kier alpha value is -14.0. The van der Waals surface area contributed by atoms with E-state index in [2.05, 4.69) is 369 Å². The Bertz CT molecular complexity index is 6900. The van der Waals surface area contributed by atoms with E-state index in [1.807, 2.05) is 30.5 Å². The lowest BCUT2D eigenvalue weighted by Gasteiger charge is -2.11. The van der Waals surface area contributed by atoms with Crippen LogP contribution in [0.15, 0.2) is 382 Å². The van der Waals surface area contributed by atoms with Crippen LogP contribution in [0.4, 0.5) is 0 Å². The summed E-state index contributed by atoms with van der Waals surface area (Å²) in [6, 6.07) is 133. The lowest BCUT2D eigenvalue weighted by atomic mass is 10.0. The van der Waals surface area contributed by atoms with E-state index in [1.165, 1.54) is 126 Å². The molecule has 0 amide bonds. The third-order valence-electron chi connectivity index (χ3n) is 20.7. The Morgan fingerprint density at radius 3 is 1.09 bits per heavy atom. The average Bonchev–Trinajstić information content (AvgIpc) is 1.60. The molecule has 7 aromatic heterocycles. The fraction of sp³-hybridized carbons (Fsp3) is 0. The fourth-order valence-corrected chi connectivity index (χ4v) is 15.8. The monoisotopic (exact) mass is 1330 g/mol. The predicted octanol–water partition coefficient (Wildman–Crippen LogP) is 25.1. The van der Waals surface area contributed by atoms with Crippen molar-refractivity contribution in [2.75, 3.05) is 0 Å². The lowest BCUT2D eigenvalue weighted by Crippen LogP contribution is -1.95. The molecule has 0 radical (unpaired) electrons. The summed E-state index contributed by atoms with van der Waals surface area (Å²) in [4.78, 5) is 14.3. The SMILES string of the molecule is c1ccc(-c2cccc(-c3ccc(-n4c5ccccc5c5cc(-c6ccc7c(c6)c6ccccc6n7-c6ccc7ccccc7c6)ccc54)cc3)n2)cc1.c1ccc(-n2c3ccccc3c3ccc(-c4ccc5c(c4)c4ccccc4n5-c4cccc(-c5cccc(-c6cccnc6)n5)c4)cc32)cc1. The van der Waals surface area contributed by atoms with E-state index in [0.717, 1.165) is 62.1 Å². The minimum atomic E-state index is 0.910. The van der Waals surface area contributed by atoms with Crippen molar-refractivity contribution in [3.8, 4) is 90.0 Å². The van der Waals surface area contributed by atoms with E-state index in [9.17, 15) is 0 Å². The minimum absolute atomic E-state index is 0.910.